The van der Waals surface area contributed by atoms with Gasteiger partial charge in [0.2, 0.25) is 5.91 Å². The standard InChI is InChI=1S/C17H26N2OS/c1-18-11-6-4-5-10-16(18)17(20)19(2)13-14-8-7-9-15(12-14)21-3/h7-9,12,16H,4-6,10-11,13H2,1-3H3/t16-/m1/s1. The number of hydrogen-bond donors (Lipinski definition) is 0. The average molecular weight is 306 g/mol. The predicted octanol–water partition coefficient (Wildman–Crippen LogP) is 3.24. The van der Waals surface area contributed by atoms with Gasteiger partial charge in [-0.15, -0.1) is 11.8 Å². The third kappa shape index (κ3) is 4.48. The van der Waals surface area contributed by atoms with Crippen molar-refractivity contribution in [3.8, 4) is 0 Å². The summed E-state index contributed by atoms with van der Waals surface area (Å²) >= 11 is 1.74. The lowest BCUT2D eigenvalue weighted by atomic mass is 10.1. The number of hydrogen-bond acceptors (Lipinski definition) is 3. The van der Waals surface area contributed by atoms with Crippen molar-refractivity contribution in [3.63, 3.8) is 0 Å². The van der Waals surface area contributed by atoms with Crippen molar-refractivity contribution < 1.29 is 4.79 Å². The van der Waals surface area contributed by atoms with Crippen LogP contribution in [0.5, 0.6) is 0 Å². The number of carbonyl (C=O) groups excluding carboxylic acids is 1. The van der Waals surface area contributed by atoms with Crippen molar-refractivity contribution in [2.45, 2.75) is 43.2 Å². The SMILES string of the molecule is CSc1cccc(CN(C)C(=O)[C@H]2CCCCCN2C)c1. The second-order valence-electron chi connectivity index (χ2n) is 5.89. The second-order valence-corrected chi connectivity index (χ2v) is 6.77. The third-order valence-corrected chi connectivity index (χ3v) is 4.96. The van der Waals surface area contributed by atoms with Crippen molar-refractivity contribution in [3.05, 3.63) is 29.8 Å². The lowest BCUT2D eigenvalue weighted by Crippen LogP contribution is -2.45. The van der Waals surface area contributed by atoms with E-state index in [1.807, 2.05) is 11.9 Å². The van der Waals surface area contributed by atoms with E-state index in [1.165, 1.54) is 23.3 Å². The molecule has 1 atom stereocenters. The Balaban J connectivity index is 2.00. The molecule has 3 nitrogen and oxygen atoms in total. The van der Waals surface area contributed by atoms with Gasteiger partial charge in [-0.05, 0) is 50.4 Å². The molecule has 116 valence electrons. The number of likely N-dealkylation sites (tertiary alicyclic amines) is 1. The van der Waals surface area contributed by atoms with Crippen LogP contribution < -0.4 is 0 Å². The molecule has 1 saturated heterocycles. The molecular weight excluding hydrogens is 280 g/mol. The minimum absolute atomic E-state index is 0.0567. The summed E-state index contributed by atoms with van der Waals surface area (Å²) in [6.07, 6.45) is 6.68. The molecule has 0 radical (unpaired) electrons. The van der Waals surface area contributed by atoms with Gasteiger partial charge in [0.1, 0.15) is 0 Å². The number of benzene rings is 1. The van der Waals surface area contributed by atoms with E-state index in [4.69, 9.17) is 0 Å². The molecule has 1 heterocycles. The van der Waals surface area contributed by atoms with E-state index in [1.54, 1.807) is 11.8 Å². The molecule has 0 unspecified atom stereocenters. The molecule has 0 aromatic heterocycles. The first-order valence-corrected chi connectivity index (χ1v) is 8.92. The van der Waals surface area contributed by atoms with Gasteiger partial charge in [0.25, 0.3) is 0 Å². The highest BCUT2D eigenvalue weighted by atomic mass is 32.2. The first kappa shape index (κ1) is 16.4. The Labute approximate surface area is 132 Å². The number of carbonyl (C=O) groups is 1. The number of amides is 1. The van der Waals surface area contributed by atoms with Crippen LogP contribution in [0.25, 0.3) is 0 Å². The quantitative estimate of drug-likeness (QED) is 0.798. The van der Waals surface area contributed by atoms with Gasteiger partial charge in [0.15, 0.2) is 0 Å². The highest BCUT2D eigenvalue weighted by molar-refractivity contribution is 7.98. The van der Waals surface area contributed by atoms with Crippen molar-refractivity contribution in [1.29, 1.82) is 0 Å². The number of nitrogens with zero attached hydrogens (tertiary/aromatic N) is 2. The smallest absolute Gasteiger partial charge is 0.239 e. The molecule has 1 aliphatic rings. The van der Waals surface area contributed by atoms with Crippen molar-refractivity contribution >= 4 is 17.7 Å². The van der Waals surface area contributed by atoms with Crippen LogP contribution in [0.15, 0.2) is 29.2 Å². The molecule has 0 spiro atoms. The number of rotatable bonds is 4. The van der Waals surface area contributed by atoms with Gasteiger partial charge >= 0.3 is 0 Å². The molecule has 1 fully saturated rings. The lowest BCUT2D eigenvalue weighted by molar-refractivity contribution is -0.135. The van der Waals surface area contributed by atoms with Crippen LogP contribution in [0.1, 0.15) is 31.2 Å². The van der Waals surface area contributed by atoms with E-state index in [2.05, 4.69) is 42.5 Å². The fourth-order valence-corrected chi connectivity index (χ4v) is 3.42. The Morgan fingerprint density at radius 1 is 1.38 bits per heavy atom. The van der Waals surface area contributed by atoms with E-state index in [0.717, 1.165) is 19.4 Å². The number of likely N-dealkylation sites (N-methyl/N-ethyl adjacent to an activating group) is 2. The first-order chi connectivity index (χ1) is 10.1. The normalized spacial score (nSPS) is 20.0. The summed E-state index contributed by atoms with van der Waals surface area (Å²) in [4.78, 5) is 18.1. The van der Waals surface area contributed by atoms with E-state index in [0.29, 0.717) is 6.54 Å². The molecule has 2 rings (SSSR count). The summed E-state index contributed by atoms with van der Waals surface area (Å²) in [7, 11) is 4.00. The monoisotopic (exact) mass is 306 g/mol. The molecule has 21 heavy (non-hydrogen) atoms. The Morgan fingerprint density at radius 3 is 2.95 bits per heavy atom. The Morgan fingerprint density at radius 2 is 2.19 bits per heavy atom. The van der Waals surface area contributed by atoms with E-state index in [-0.39, 0.29) is 11.9 Å². The summed E-state index contributed by atoms with van der Waals surface area (Å²) in [5.74, 6) is 0.258. The Hall–Kier alpha value is -1.00. The zero-order valence-electron chi connectivity index (χ0n) is 13.3. The fraction of sp³-hybridized carbons (Fsp3) is 0.588. The zero-order valence-corrected chi connectivity index (χ0v) is 14.2. The van der Waals surface area contributed by atoms with Crippen LogP contribution in [-0.4, -0.2) is 48.6 Å². The summed E-state index contributed by atoms with van der Waals surface area (Å²) in [5.41, 5.74) is 1.20. The van der Waals surface area contributed by atoms with E-state index >= 15 is 0 Å². The van der Waals surface area contributed by atoms with Gasteiger partial charge in [-0.1, -0.05) is 25.0 Å². The van der Waals surface area contributed by atoms with Gasteiger partial charge in [-0.2, -0.15) is 0 Å². The Bertz CT molecular complexity index is 478. The maximum Gasteiger partial charge on any atom is 0.239 e. The van der Waals surface area contributed by atoms with E-state index in [9.17, 15) is 4.79 Å². The van der Waals surface area contributed by atoms with Gasteiger partial charge in [-0.3, -0.25) is 9.69 Å². The average Bonchev–Trinajstić information content (AvgIpc) is 2.71. The van der Waals surface area contributed by atoms with Gasteiger partial charge in [0.05, 0.1) is 6.04 Å². The molecule has 0 saturated carbocycles. The van der Waals surface area contributed by atoms with Crippen LogP contribution in [0, 0.1) is 0 Å². The van der Waals surface area contributed by atoms with Gasteiger partial charge < -0.3 is 4.90 Å². The molecule has 1 aliphatic heterocycles. The van der Waals surface area contributed by atoms with Gasteiger partial charge in [0, 0.05) is 18.5 Å². The molecule has 4 heteroatoms. The highest BCUT2D eigenvalue weighted by Crippen LogP contribution is 2.19. The zero-order chi connectivity index (χ0) is 15.2. The lowest BCUT2D eigenvalue weighted by Gasteiger charge is -2.29. The van der Waals surface area contributed by atoms with E-state index < -0.39 is 0 Å². The third-order valence-electron chi connectivity index (χ3n) is 4.24. The van der Waals surface area contributed by atoms with Crippen LogP contribution in [-0.2, 0) is 11.3 Å². The van der Waals surface area contributed by atoms with Crippen LogP contribution in [0.3, 0.4) is 0 Å². The highest BCUT2D eigenvalue weighted by Gasteiger charge is 2.27. The maximum absolute atomic E-state index is 12.7. The second kappa shape index (κ2) is 7.85. The Kier molecular flexibility index (Phi) is 6.12. The largest absolute Gasteiger partial charge is 0.340 e. The van der Waals surface area contributed by atoms with Crippen molar-refractivity contribution in [1.82, 2.24) is 9.80 Å². The maximum atomic E-state index is 12.7. The minimum Gasteiger partial charge on any atom is -0.340 e. The molecule has 0 aliphatic carbocycles. The van der Waals surface area contributed by atoms with Crippen molar-refractivity contribution in [2.75, 3.05) is 26.9 Å². The predicted molar refractivity (Wildman–Crippen MR) is 89.6 cm³/mol. The summed E-state index contributed by atoms with van der Waals surface area (Å²) in [5, 5.41) is 0. The van der Waals surface area contributed by atoms with Gasteiger partial charge in [-0.25, -0.2) is 0 Å². The summed E-state index contributed by atoms with van der Waals surface area (Å²) in [6.45, 7) is 1.73. The molecular formula is C17H26N2OS. The molecule has 1 aromatic carbocycles. The first-order valence-electron chi connectivity index (χ1n) is 7.70. The van der Waals surface area contributed by atoms with Crippen LogP contribution in [0.2, 0.25) is 0 Å². The molecule has 1 amide bonds. The molecule has 1 aromatic rings. The number of thioether (sulfide) groups is 1. The van der Waals surface area contributed by atoms with Crippen LogP contribution in [0.4, 0.5) is 0 Å². The molecule has 0 N–H and O–H groups in total. The van der Waals surface area contributed by atoms with Crippen molar-refractivity contribution in [2.24, 2.45) is 0 Å². The topological polar surface area (TPSA) is 23.6 Å². The molecule has 0 bridgehead atoms. The minimum atomic E-state index is 0.0567. The summed E-state index contributed by atoms with van der Waals surface area (Å²) in [6, 6.07) is 8.50. The summed E-state index contributed by atoms with van der Waals surface area (Å²) < 4.78 is 0. The fourth-order valence-electron chi connectivity index (χ4n) is 2.94. The van der Waals surface area contributed by atoms with Crippen LogP contribution >= 0.6 is 11.8 Å².